The molecule has 1 atom stereocenters. The minimum atomic E-state index is 0.108. The first-order valence-corrected chi connectivity index (χ1v) is 11.9. The molecule has 2 aromatic carbocycles. The molecule has 5 rings (SSSR count). The van der Waals surface area contributed by atoms with Crippen LogP contribution in [-0.2, 0) is 19.4 Å². The predicted octanol–water partition coefficient (Wildman–Crippen LogP) is 5.01. The fourth-order valence-electron chi connectivity index (χ4n) is 4.46. The number of anilines is 2. The maximum Gasteiger partial charge on any atom is 0.222 e. The SMILES string of the molecule is CNCc1cc2c(nc1-c1ccccc1)NC(c1ccnc(NCCc3ccccc3)n1)CC2. The van der Waals surface area contributed by atoms with Crippen LogP contribution in [0.2, 0.25) is 0 Å². The first-order chi connectivity index (χ1) is 16.8. The molecule has 34 heavy (non-hydrogen) atoms. The molecule has 0 amide bonds. The van der Waals surface area contributed by atoms with Crippen molar-refractivity contribution < 1.29 is 0 Å². The van der Waals surface area contributed by atoms with E-state index in [2.05, 4.69) is 75.5 Å². The topological polar surface area (TPSA) is 74.8 Å². The molecule has 0 bridgehead atoms. The summed E-state index contributed by atoms with van der Waals surface area (Å²) in [6.07, 6.45) is 4.71. The molecule has 172 valence electrons. The molecule has 0 spiro atoms. The van der Waals surface area contributed by atoms with Gasteiger partial charge in [0.1, 0.15) is 5.82 Å². The van der Waals surface area contributed by atoms with E-state index in [0.29, 0.717) is 5.95 Å². The molecule has 0 aliphatic carbocycles. The molecule has 4 aromatic rings. The van der Waals surface area contributed by atoms with Gasteiger partial charge in [-0.15, -0.1) is 0 Å². The quantitative estimate of drug-likeness (QED) is 0.350. The van der Waals surface area contributed by atoms with Crippen LogP contribution in [0.15, 0.2) is 79.0 Å². The third-order valence-electron chi connectivity index (χ3n) is 6.18. The van der Waals surface area contributed by atoms with Gasteiger partial charge in [-0.3, -0.25) is 0 Å². The molecule has 1 unspecified atom stereocenters. The summed E-state index contributed by atoms with van der Waals surface area (Å²) in [5.74, 6) is 1.62. The van der Waals surface area contributed by atoms with Crippen LogP contribution in [0.5, 0.6) is 0 Å². The van der Waals surface area contributed by atoms with Gasteiger partial charge in [-0.2, -0.15) is 0 Å². The van der Waals surface area contributed by atoms with Gasteiger partial charge in [-0.1, -0.05) is 60.7 Å². The van der Waals surface area contributed by atoms with E-state index in [1.807, 2.05) is 31.4 Å². The van der Waals surface area contributed by atoms with Gasteiger partial charge >= 0.3 is 0 Å². The van der Waals surface area contributed by atoms with Crippen LogP contribution in [0.4, 0.5) is 11.8 Å². The summed E-state index contributed by atoms with van der Waals surface area (Å²) in [5.41, 5.74) is 6.93. The summed E-state index contributed by atoms with van der Waals surface area (Å²) in [7, 11) is 1.98. The van der Waals surface area contributed by atoms with Gasteiger partial charge < -0.3 is 16.0 Å². The molecule has 0 radical (unpaired) electrons. The summed E-state index contributed by atoms with van der Waals surface area (Å²) in [5, 5.41) is 10.3. The molecule has 0 saturated carbocycles. The lowest BCUT2D eigenvalue weighted by molar-refractivity contribution is 0.641. The zero-order chi connectivity index (χ0) is 23.2. The van der Waals surface area contributed by atoms with Crippen LogP contribution >= 0.6 is 0 Å². The first-order valence-electron chi connectivity index (χ1n) is 11.9. The van der Waals surface area contributed by atoms with E-state index in [4.69, 9.17) is 9.97 Å². The molecule has 3 N–H and O–H groups in total. The van der Waals surface area contributed by atoms with Crippen LogP contribution in [0.25, 0.3) is 11.3 Å². The van der Waals surface area contributed by atoms with Crippen LogP contribution in [0, 0.1) is 0 Å². The number of pyridine rings is 1. The summed E-state index contributed by atoms with van der Waals surface area (Å²) in [4.78, 5) is 14.3. The van der Waals surface area contributed by atoms with E-state index < -0.39 is 0 Å². The Labute approximate surface area is 200 Å². The Morgan fingerprint density at radius 1 is 0.971 bits per heavy atom. The molecular formula is C28H30N6. The van der Waals surface area contributed by atoms with Crippen LogP contribution in [0.3, 0.4) is 0 Å². The molecule has 6 nitrogen and oxygen atoms in total. The Hall–Kier alpha value is -3.77. The first kappa shape index (κ1) is 22.0. The van der Waals surface area contributed by atoms with Crippen molar-refractivity contribution in [2.75, 3.05) is 24.2 Å². The second kappa shape index (κ2) is 10.4. The second-order valence-electron chi connectivity index (χ2n) is 8.60. The van der Waals surface area contributed by atoms with Gasteiger partial charge in [0.05, 0.1) is 17.4 Å². The summed E-state index contributed by atoms with van der Waals surface area (Å²) >= 11 is 0. The van der Waals surface area contributed by atoms with Crippen molar-refractivity contribution in [3.05, 3.63) is 101 Å². The summed E-state index contributed by atoms with van der Waals surface area (Å²) in [6.45, 7) is 1.59. The monoisotopic (exact) mass is 450 g/mol. The highest BCUT2D eigenvalue weighted by molar-refractivity contribution is 5.67. The summed E-state index contributed by atoms with van der Waals surface area (Å²) < 4.78 is 0. The lowest BCUT2D eigenvalue weighted by atomic mass is 9.95. The van der Waals surface area contributed by atoms with E-state index in [9.17, 15) is 0 Å². The molecule has 0 fully saturated rings. The fourth-order valence-corrected chi connectivity index (χ4v) is 4.46. The third kappa shape index (κ3) is 5.07. The number of aryl methyl sites for hydroxylation is 1. The number of hydrogen-bond donors (Lipinski definition) is 3. The van der Waals surface area contributed by atoms with Crippen LogP contribution in [0.1, 0.15) is 34.8 Å². The molecule has 1 aliphatic heterocycles. The lowest BCUT2D eigenvalue weighted by Gasteiger charge is -2.27. The van der Waals surface area contributed by atoms with E-state index in [1.165, 1.54) is 16.7 Å². The molecule has 3 heterocycles. The standard InChI is InChI=1S/C28H30N6/c1-29-19-23-18-22-12-13-24(32-27(22)34-26(23)21-10-6-3-7-11-21)25-15-17-31-28(33-25)30-16-14-20-8-4-2-5-9-20/h2-11,15,17-18,24,29H,12-14,16,19H2,1H3,(H,32,34)(H,30,31,33). The fraction of sp³-hybridized carbons (Fsp3) is 0.250. The van der Waals surface area contributed by atoms with E-state index in [0.717, 1.165) is 55.1 Å². The maximum atomic E-state index is 5.07. The van der Waals surface area contributed by atoms with Gasteiger partial charge in [-0.25, -0.2) is 15.0 Å². The van der Waals surface area contributed by atoms with Crippen LogP contribution in [-0.4, -0.2) is 28.5 Å². The predicted molar refractivity (Wildman–Crippen MR) is 138 cm³/mol. The zero-order valence-corrected chi connectivity index (χ0v) is 19.5. The van der Waals surface area contributed by atoms with Crippen molar-refractivity contribution >= 4 is 11.8 Å². The highest BCUT2D eigenvalue weighted by atomic mass is 15.1. The maximum absolute atomic E-state index is 5.07. The molecule has 1 aliphatic rings. The molecular weight excluding hydrogens is 420 g/mol. The minimum Gasteiger partial charge on any atom is -0.361 e. The number of rotatable bonds is 8. The number of fused-ring (bicyclic) bond motifs is 1. The van der Waals surface area contributed by atoms with Crippen molar-refractivity contribution in [1.82, 2.24) is 20.3 Å². The van der Waals surface area contributed by atoms with Gasteiger partial charge in [-0.05, 0) is 55.1 Å². The third-order valence-corrected chi connectivity index (χ3v) is 6.18. The highest BCUT2D eigenvalue weighted by Gasteiger charge is 2.23. The number of aromatic nitrogens is 3. The minimum absolute atomic E-state index is 0.108. The van der Waals surface area contributed by atoms with Crippen molar-refractivity contribution in [3.63, 3.8) is 0 Å². The zero-order valence-electron chi connectivity index (χ0n) is 19.5. The number of nitrogens with one attached hydrogen (secondary N) is 3. The largest absolute Gasteiger partial charge is 0.361 e. The van der Waals surface area contributed by atoms with Gasteiger partial charge in [0.2, 0.25) is 5.95 Å². The Balaban J connectivity index is 1.33. The van der Waals surface area contributed by atoms with Crippen molar-refractivity contribution in [2.24, 2.45) is 0 Å². The van der Waals surface area contributed by atoms with E-state index in [1.54, 1.807) is 0 Å². The van der Waals surface area contributed by atoms with Crippen LogP contribution < -0.4 is 16.0 Å². The van der Waals surface area contributed by atoms with Crippen molar-refractivity contribution in [2.45, 2.75) is 31.8 Å². The van der Waals surface area contributed by atoms with Crippen molar-refractivity contribution in [1.29, 1.82) is 0 Å². The molecule has 0 saturated heterocycles. The normalized spacial score (nSPS) is 14.8. The van der Waals surface area contributed by atoms with Gasteiger partial charge in [0.15, 0.2) is 0 Å². The molecule has 6 heteroatoms. The highest BCUT2D eigenvalue weighted by Crippen LogP contribution is 2.34. The number of nitrogens with zero attached hydrogens (tertiary/aromatic N) is 3. The smallest absolute Gasteiger partial charge is 0.222 e. The van der Waals surface area contributed by atoms with Crippen molar-refractivity contribution in [3.8, 4) is 11.3 Å². The number of benzene rings is 2. The van der Waals surface area contributed by atoms with Gasteiger partial charge in [0, 0.05) is 24.8 Å². The Bertz CT molecular complexity index is 1230. The average Bonchev–Trinajstić information content (AvgIpc) is 2.89. The van der Waals surface area contributed by atoms with E-state index in [-0.39, 0.29) is 6.04 Å². The average molecular weight is 451 g/mol. The Morgan fingerprint density at radius 2 is 1.76 bits per heavy atom. The Morgan fingerprint density at radius 3 is 2.56 bits per heavy atom. The number of hydrogen-bond acceptors (Lipinski definition) is 6. The van der Waals surface area contributed by atoms with Gasteiger partial charge in [0.25, 0.3) is 0 Å². The molecule has 2 aromatic heterocycles. The second-order valence-corrected chi connectivity index (χ2v) is 8.60. The Kier molecular flexibility index (Phi) is 6.77. The van der Waals surface area contributed by atoms with E-state index >= 15 is 0 Å². The summed E-state index contributed by atoms with van der Waals surface area (Å²) in [6, 6.07) is 25.2. The lowest BCUT2D eigenvalue weighted by Crippen LogP contribution is -2.22.